The van der Waals surface area contributed by atoms with Gasteiger partial charge in [0, 0.05) is 0 Å². The molecule has 2 aliphatic rings. The zero-order valence-electron chi connectivity index (χ0n) is 26.3. The van der Waals surface area contributed by atoms with Crippen LogP contribution in [-0.2, 0) is 14.3 Å². The van der Waals surface area contributed by atoms with Gasteiger partial charge in [-0.1, -0.05) is 58.4 Å². The van der Waals surface area contributed by atoms with Gasteiger partial charge in [-0.2, -0.15) is 0 Å². The molecule has 2 aliphatic carbocycles. The van der Waals surface area contributed by atoms with E-state index in [1.165, 1.54) is 16.9 Å². The number of fused-ring (bicyclic) bond motifs is 2. The predicted octanol–water partition coefficient (Wildman–Crippen LogP) is 9.77. The number of thiazole rings is 1. The van der Waals surface area contributed by atoms with E-state index >= 15 is 4.39 Å². The summed E-state index contributed by atoms with van der Waals surface area (Å²) in [5.74, 6) is 0.628. The number of rotatable bonds is 13. The summed E-state index contributed by atoms with van der Waals surface area (Å²) in [5, 5.41) is 0. The minimum atomic E-state index is -3.49. The lowest BCUT2D eigenvalue weighted by Crippen LogP contribution is -2.45. The maximum absolute atomic E-state index is 15.9. The van der Waals surface area contributed by atoms with E-state index in [9.17, 15) is 8.42 Å². The molecule has 0 aliphatic heterocycles. The van der Waals surface area contributed by atoms with Crippen molar-refractivity contribution >= 4 is 39.7 Å². The third-order valence-electron chi connectivity index (χ3n) is 10.8. The van der Waals surface area contributed by atoms with Crippen LogP contribution < -0.4 is 0 Å². The van der Waals surface area contributed by atoms with Crippen LogP contribution in [0.2, 0.25) is 18.1 Å². The number of nitrogens with zero attached hydrogens (tertiary/aromatic N) is 1. The monoisotopic (exact) mass is 621 g/mol. The molecule has 8 heteroatoms. The minimum Gasteiger partial charge on any atom is -0.412 e. The van der Waals surface area contributed by atoms with Crippen LogP contribution >= 0.6 is 11.3 Å². The molecular weight excluding hydrogens is 570 g/mol. The fourth-order valence-corrected chi connectivity index (χ4v) is 13.8. The van der Waals surface area contributed by atoms with Crippen LogP contribution in [0.5, 0.6) is 0 Å². The first-order valence-electron chi connectivity index (χ1n) is 15.9. The van der Waals surface area contributed by atoms with Gasteiger partial charge in [0.1, 0.15) is 6.17 Å². The molecule has 1 aromatic heterocycles. The van der Waals surface area contributed by atoms with E-state index in [4.69, 9.17) is 4.43 Å². The first-order valence-corrected chi connectivity index (χ1v) is 20.9. The Kier molecular flexibility index (Phi) is 10.3. The van der Waals surface area contributed by atoms with Crippen molar-refractivity contribution in [3.05, 3.63) is 35.9 Å². The third kappa shape index (κ3) is 7.02. The van der Waals surface area contributed by atoms with E-state index in [2.05, 4.69) is 53.5 Å². The highest BCUT2D eigenvalue weighted by Crippen LogP contribution is 2.60. The molecule has 0 radical (unpaired) electrons. The molecule has 1 aromatic carbocycles. The van der Waals surface area contributed by atoms with Crippen LogP contribution in [0.3, 0.4) is 0 Å². The standard InChI is InChI=1S/C33H52FNO3S2Si/c1-8-41(9-2,10-3)38-32(5,6)22-19-28(34)24(4)26-17-18-27-25(14-13-21-33(26,27)7)20-23-40(36,37)31-35-29-15-11-12-16-30(29)39-31/h11-12,15-16,20,24,26-28H,8-10,13-14,17-19,21-23H2,1-7H3/b25-20+/t24-,26+,27-,28-,33+/m0/s1. The Morgan fingerprint density at radius 2 is 1.88 bits per heavy atom. The van der Waals surface area contributed by atoms with Gasteiger partial charge in [0.25, 0.3) is 0 Å². The van der Waals surface area contributed by atoms with Crippen molar-refractivity contribution in [2.75, 3.05) is 5.75 Å². The van der Waals surface area contributed by atoms with Gasteiger partial charge in [-0.25, -0.2) is 17.8 Å². The second kappa shape index (κ2) is 12.9. The highest BCUT2D eigenvalue weighted by atomic mass is 32.2. The first kappa shape index (κ1) is 32.8. The zero-order chi connectivity index (χ0) is 30.1. The normalized spacial score (nSPS) is 26.4. The summed E-state index contributed by atoms with van der Waals surface area (Å²) in [6, 6.07) is 10.9. The number of sulfone groups is 1. The largest absolute Gasteiger partial charge is 0.412 e. The van der Waals surface area contributed by atoms with Crippen molar-refractivity contribution < 1.29 is 17.2 Å². The van der Waals surface area contributed by atoms with Gasteiger partial charge < -0.3 is 4.43 Å². The van der Waals surface area contributed by atoms with Gasteiger partial charge >= 0.3 is 0 Å². The van der Waals surface area contributed by atoms with Crippen LogP contribution in [0.25, 0.3) is 10.2 Å². The van der Waals surface area contributed by atoms with Gasteiger partial charge in [0.05, 0.1) is 21.6 Å². The molecule has 1 heterocycles. The lowest BCUT2D eigenvalue weighted by Gasteiger charge is -2.45. The van der Waals surface area contributed by atoms with E-state index in [0.717, 1.165) is 66.9 Å². The Balaban J connectivity index is 1.41. The Morgan fingerprint density at radius 3 is 2.54 bits per heavy atom. The van der Waals surface area contributed by atoms with Gasteiger partial charge in [-0.3, -0.25) is 0 Å². The van der Waals surface area contributed by atoms with E-state index in [1.807, 2.05) is 30.3 Å². The Bertz CT molecular complexity index is 1280. The van der Waals surface area contributed by atoms with Crippen molar-refractivity contribution in [3.8, 4) is 0 Å². The molecule has 0 spiro atoms. The molecule has 0 bridgehead atoms. The Labute approximate surface area is 253 Å². The number of hydrogen-bond donors (Lipinski definition) is 0. The number of alkyl halides is 1. The average molecular weight is 622 g/mol. The van der Waals surface area contributed by atoms with Crippen molar-refractivity contribution in [1.82, 2.24) is 4.98 Å². The van der Waals surface area contributed by atoms with Crippen LogP contribution in [0.4, 0.5) is 4.39 Å². The van der Waals surface area contributed by atoms with Crippen molar-refractivity contribution in [2.24, 2.45) is 23.2 Å². The summed E-state index contributed by atoms with van der Waals surface area (Å²) in [4.78, 5) is 4.40. The maximum atomic E-state index is 15.9. The summed E-state index contributed by atoms with van der Waals surface area (Å²) in [6.45, 7) is 15.5. The second-order valence-corrected chi connectivity index (χ2v) is 21.6. The third-order valence-corrected chi connectivity index (χ3v) is 18.7. The van der Waals surface area contributed by atoms with E-state index in [0.29, 0.717) is 18.3 Å². The number of hydrogen-bond acceptors (Lipinski definition) is 5. The summed E-state index contributed by atoms with van der Waals surface area (Å²) < 4.78 is 50.2. The van der Waals surface area contributed by atoms with E-state index < -0.39 is 24.3 Å². The minimum absolute atomic E-state index is 0.00609. The van der Waals surface area contributed by atoms with Crippen LogP contribution in [0, 0.1) is 23.2 Å². The molecule has 230 valence electrons. The van der Waals surface area contributed by atoms with Gasteiger partial charge in [-0.05, 0) is 112 Å². The number of benzene rings is 1. The molecule has 0 saturated heterocycles. The quantitative estimate of drug-likeness (QED) is 0.165. The van der Waals surface area contributed by atoms with Gasteiger partial charge in [0.15, 0.2) is 8.32 Å². The lowest BCUT2D eigenvalue weighted by atomic mass is 9.60. The topological polar surface area (TPSA) is 56.3 Å². The highest BCUT2D eigenvalue weighted by molar-refractivity contribution is 7.93. The van der Waals surface area contributed by atoms with Gasteiger partial charge in [-0.15, -0.1) is 11.3 Å². The Hall–Kier alpha value is -1.09. The highest BCUT2D eigenvalue weighted by Gasteiger charge is 2.52. The summed E-state index contributed by atoms with van der Waals surface area (Å²) in [7, 11) is -5.24. The molecular formula is C33H52FNO3S2Si. The average Bonchev–Trinajstić information content (AvgIpc) is 3.55. The molecule has 2 fully saturated rings. The predicted molar refractivity (Wildman–Crippen MR) is 174 cm³/mol. The van der Waals surface area contributed by atoms with E-state index in [1.54, 1.807) is 0 Å². The van der Waals surface area contributed by atoms with Crippen molar-refractivity contribution in [2.45, 2.75) is 128 Å². The lowest BCUT2D eigenvalue weighted by molar-refractivity contribution is 0.0358. The maximum Gasteiger partial charge on any atom is 0.210 e. The molecule has 2 aromatic rings. The number of aromatic nitrogens is 1. The summed E-state index contributed by atoms with van der Waals surface area (Å²) >= 11 is 1.25. The molecule has 2 saturated carbocycles. The molecule has 4 rings (SSSR count). The molecule has 0 unspecified atom stereocenters. The SMILES string of the molecule is CC[Si](CC)(CC)OC(C)(C)CC[C@H](F)[C@@H](C)[C@H]1CC[C@H]2/C(=C/CS(=O)(=O)c3nc4ccccc4s3)CCC[C@]12C. The number of halogens is 1. The number of para-hydroxylation sites is 1. The summed E-state index contributed by atoms with van der Waals surface area (Å²) in [5.41, 5.74) is 1.73. The zero-order valence-corrected chi connectivity index (χ0v) is 29.0. The smallest absolute Gasteiger partial charge is 0.210 e. The fourth-order valence-electron chi connectivity index (χ4n) is 8.06. The molecule has 0 N–H and O–H groups in total. The molecule has 5 atom stereocenters. The molecule has 4 nitrogen and oxygen atoms in total. The van der Waals surface area contributed by atoms with Crippen molar-refractivity contribution in [1.29, 1.82) is 0 Å². The number of allylic oxidation sites excluding steroid dienone is 1. The van der Waals surface area contributed by atoms with Crippen LogP contribution in [0.1, 0.15) is 93.4 Å². The Morgan fingerprint density at radius 1 is 1.20 bits per heavy atom. The molecule has 41 heavy (non-hydrogen) atoms. The molecule has 0 amide bonds. The fraction of sp³-hybridized carbons (Fsp3) is 0.727. The first-order chi connectivity index (χ1) is 19.3. The van der Waals surface area contributed by atoms with E-state index in [-0.39, 0.29) is 27.0 Å². The van der Waals surface area contributed by atoms with Crippen molar-refractivity contribution in [3.63, 3.8) is 0 Å². The summed E-state index contributed by atoms with van der Waals surface area (Å²) in [6.07, 6.45) is 7.53. The second-order valence-electron chi connectivity index (χ2n) is 13.6. The van der Waals surface area contributed by atoms with Crippen LogP contribution in [-0.4, -0.2) is 39.2 Å². The van der Waals surface area contributed by atoms with Crippen LogP contribution in [0.15, 0.2) is 40.3 Å². The van der Waals surface area contributed by atoms with Gasteiger partial charge in [0.2, 0.25) is 14.2 Å².